The van der Waals surface area contributed by atoms with Gasteiger partial charge in [-0.15, -0.1) is 0 Å². The van der Waals surface area contributed by atoms with Gasteiger partial charge in [0.15, 0.2) is 11.5 Å². The van der Waals surface area contributed by atoms with E-state index in [1.165, 1.54) is 0 Å². The molecule has 0 atom stereocenters. The van der Waals surface area contributed by atoms with Gasteiger partial charge in [0.2, 0.25) is 0 Å². The Kier molecular flexibility index (Phi) is 6.95. The highest BCUT2D eigenvalue weighted by Crippen LogP contribution is 2.27. The minimum Gasteiger partial charge on any atom is -0.497 e. The van der Waals surface area contributed by atoms with E-state index in [1.807, 2.05) is 49.4 Å². The van der Waals surface area contributed by atoms with Crippen molar-refractivity contribution in [3.8, 4) is 17.2 Å². The van der Waals surface area contributed by atoms with Crippen molar-refractivity contribution in [3.05, 3.63) is 53.6 Å². The molecule has 134 valence electrons. The lowest BCUT2D eigenvalue weighted by molar-refractivity contribution is 0.235. The van der Waals surface area contributed by atoms with Gasteiger partial charge in [0.1, 0.15) is 12.4 Å². The van der Waals surface area contributed by atoms with Gasteiger partial charge in [-0.2, -0.15) is 0 Å². The van der Waals surface area contributed by atoms with Gasteiger partial charge in [-0.1, -0.05) is 18.2 Å². The van der Waals surface area contributed by atoms with Crippen molar-refractivity contribution in [2.45, 2.75) is 13.5 Å². The standard InChI is InChI=1S/C19H24N2O4/c1-14-4-9-17(18(12-14)24-3)25-11-10-20-19(22)21-13-15-5-7-16(23-2)8-6-15/h4-9,12H,10-11,13H2,1-3H3,(H2,20,21,22). The third-order valence-electron chi connectivity index (χ3n) is 3.58. The van der Waals surface area contributed by atoms with Crippen LogP contribution in [0.4, 0.5) is 4.79 Å². The lowest BCUT2D eigenvalue weighted by Gasteiger charge is -2.12. The molecular formula is C19H24N2O4. The predicted molar refractivity (Wildman–Crippen MR) is 96.5 cm³/mol. The van der Waals surface area contributed by atoms with Crippen molar-refractivity contribution in [3.63, 3.8) is 0 Å². The van der Waals surface area contributed by atoms with E-state index in [-0.39, 0.29) is 6.03 Å². The zero-order chi connectivity index (χ0) is 18.1. The molecule has 2 aromatic rings. The summed E-state index contributed by atoms with van der Waals surface area (Å²) in [6.45, 7) is 3.18. The number of ether oxygens (including phenoxy) is 3. The highest BCUT2D eigenvalue weighted by molar-refractivity contribution is 5.73. The van der Waals surface area contributed by atoms with E-state index in [1.54, 1.807) is 14.2 Å². The fourth-order valence-corrected chi connectivity index (χ4v) is 2.21. The zero-order valence-electron chi connectivity index (χ0n) is 14.8. The summed E-state index contributed by atoms with van der Waals surface area (Å²) >= 11 is 0. The number of carbonyl (C=O) groups excluding carboxylic acids is 1. The molecule has 2 aromatic carbocycles. The third-order valence-corrected chi connectivity index (χ3v) is 3.58. The maximum absolute atomic E-state index is 11.8. The molecule has 0 spiro atoms. The van der Waals surface area contributed by atoms with Gasteiger partial charge in [0, 0.05) is 6.54 Å². The summed E-state index contributed by atoms with van der Waals surface area (Å²) < 4.78 is 16.0. The van der Waals surface area contributed by atoms with Gasteiger partial charge in [0.05, 0.1) is 20.8 Å². The molecule has 2 amide bonds. The summed E-state index contributed by atoms with van der Waals surface area (Å²) in [7, 11) is 3.22. The van der Waals surface area contributed by atoms with E-state index in [2.05, 4.69) is 10.6 Å². The summed E-state index contributed by atoms with van der Waals surface area (Å²) in [4.78, 5) is 11.8. The van der Waals surface area contributed by atoms with Crippen LogP contribution in [-0.2, 0) is 6.54 Å². The number of amides is 2. The largest absolute Gasteiger partial charge is 0.497 e. The summed E-state index contributed by atoms with van der Waals surface area (Å²) in [5.74, 6) is 2.13. The highest BCUT2D eigenvalue weighted by atomic mass is 16.5. The molecule has 0 aliphatic rings. The van der Waals surface area contributed by atoms with E-state index >= 15 is 0 Å². The van der Waals surface area contributed by atoms with E-state index in [4.69, 9.17) is 14.2 Å². The number of hydrogen-bond acceptors (Lipinski definition) is 4. The lowest BCUT2D eigenvalue weighted by Crippen LogP contribution is -2.37. The quantitative estimate of drug-likeness (QED) is 0.723. The number of rotatable bonds is 8. The van der Waals surface area contributed by atoms with Gasteiger partial charge in [0.25, 0.3) is 0 Å². The summed E-state index contributed by atoms with van der Waals surface area (Å²) in [6.07, 6.45) is 0. The van der Waals surface area contributed by atoms with Crippen LogP contribution in [0.5, 0.6) is 17.2 Å². The normalized spacial score (nSPS) is 10.0. The average molecular weight is 344 g/mol. The first-order chi connectivity index (χ1) is 12.1. The number of methoxy groups -OCH3 is 2. The van der Waals surface area contributed by atoms with E-state index in [0.29, 0.717) is 31.2 Å². The number of urea groups is 1. The van der Waals surface area contributed by atoms with E-state index in [9.17, 15) is 4.79 Å². The molecule has 2 N–H and O–H groups in total. The average Bonchev–Trinajstić information content (AvgIpc) is 2.64. The molecule has 0 aliphatic heterocycles. The molecule has 0 fully saturated rings. The first-order valence-corrected chi connectivity index (χ1v) is 8.04. The molecule has 0 unspecified atom stereocenters. The minimum absolute atomic E-state index is 0.240. The van der Waals surface area contributed by atoms with Crippen LogP contribution in [0.25, 0.3) is 0 Å². The van der Waals surface area contributed by atoms with Crippen molar-refractivity contribution in [2.24, 2.45) is 0 Å². The monoisotopic (exact) mass is 344 g/mol. The molecule has 0 aliphatic carbocycles. The molecule has 0 bridgehead atoms. The van der Waals surface area contributed by atoms with Crippen LogP contribution in [0.15, 0.2) is 42.5 Å². The van der Waals surface area contributed by atoms with Crippen molar-refractivity contribution in [1.82, 2.24) is 10.6 Å². The predicted octanol–water partition coefficient (Wildman–Crippen LogP) is 2.89. The second-order valence-corrected chi connectivity index (χ2v) is 5.46. The molecule has 2 rings (SSSR count). The van der Waals surface area contributed by atoms with E-state index < -0.39 is 0 Å². The van der Waals surface area contributed by atoms with Crippen molar-refractivity contribution < 1.29 is 19.0 Å². The van der Waals surface area contributed by atoms with Crippen LogP contribution < -0.4 is 24.8 Å². The molecule has 0 heterocycles. The number of benzene rings is 2. The van der Waals surface area contributed by atoms with E-state index in [0.717, 1.165) is 16.9 Å². The Morgan fingerprint density at radius 3 is 2.40 bits per heavy atom. The topological polar surface area (TPSA) is 68.8 Å². The molecule has 0 saturated carbocycles. The highest BCUT2D eigenvalue weighted by Gasteiger charge is 2.05. The smallest absolute Gasteiger partial charge is 0.315 e. The van der Waals surface area contributed by atoms with Crippen molar-refractivity contribution in [1.29, 1.82) is 0 Å². The van der Waals surface area contributed by atoms with Gasteiger partial charge in [-0.3, -0.25) is 0 Å². The molecule has 25 heavy (non-hydrogen) atoms. The second-order valence-electron chi connectivity index (χ2n) is 5.46. The number of aryl methyl sites for hydroxylation is 1. The Morgan fingerprint density at radius 1 is 0.960 bits per heavy atom. The lowest BCUT2D eigenvalue weighted by atomic mass is 10.2. The first kappa shape index (κ1) is 18.4. The molecule has 0 aromatic heterocycles. The summed E-state index contributed by atoms with van der Waals surface area (Å²) in [5.41, 5.74) is 2.09. The van der Waals surface area contributed by atoms with Crippen LogP contribution in [0.1, 0.15) is 11.1 Å². The molecule has 6 heteroatoms. The van der Waals surface area contributed by atoms with Gasteiger partial charge < -0.3 is 24.8 Å². The fraction of sp³-hybridized carbons (Fsp3) is 0.316. The van der Waals surface area contributed by atoms with Gasteiger partial charge >= 0.3 is 6.03 Å². The van der Waals surface area contributed by atoms with Crippen LogP contribution in [0, 0.1) is 6.92 Å². The zero-order valence-corrected chi connectivity index (χ0v) is 14.8. The molecular weight excluding hydrogens is 320 g/mol. The summed E-state index contributed by atoms with van der Waals surface area (Å²) in [6, 6.07) is 13.0. The minimum atomic E-state index is -0.240. The van der Waals surface area contributed by atoms with Gasteiger partial charge in [-0.05, 0) is 42.3 Å². The van der Waals surface area contributed by atoms with Crippen molar-refractivity contribution >= 4 is 6.03 Å². The van der Waals surface area contributed by atoms with Crippen LogP contribution in [-0.4, -0.2) is 33.4 Å². The van der Waals surface area contributed by atoms with Crippen molar-refractivity contribution in [2.75, 3.05) is 27.4 Å². The SMILES string of the molecule is COc1ccc(CNC(=O)NCCOc2ccc(C)cc2OC)cc1. The second kappa shape index (κ2) is 9.42. The fourth-order valence-electron chi connectivity index (χ4n) is 2.21. The number of nitrogens with one attached hydrogen (secondary N) is 2. The maximum atomic E-state index is 11.8. The Bertz CT molecular complexity index is 686. The number of hydrogen-bond donors (Lipinski definition) is 2. The third kappa shape index (κ3) is 5.91. The van der Waals surface area contributed by atoms with Crippen LogP contribution >= 0.6 is 0 Å². The van der Waals surface area contributed by atoms with Gasteiger partial charge in [-0.25, -0.2) is 4.79 Å². The summed E-state index contributed by atoms with van der Waals surface area (Å²) in [5, 5.41) is 5.55. The maximum Gasteiger partial charge on any atom is 0.315 e. The Balaban J connectivity index is 1.68. The molecule has 0 saturated heterocycles. The number of carbonyl (C=O) groups is 1. The Morgan fingerprint density at radius 2 is 1.72 bits per heavy atom. The molecule has 0 radical (unpaired) electrons. The Labute approximate surface area is 148 Å². The van der Waals surface area contributed by atoms with Crippen LogP contribution in [0.3, 0.4) is 0 Å². The Hall–Kier alpha value is -2.89. The molecule has 6 nitrogen and oxygen atoms in total. The van der Waals surface area contributed by atoms with Crippen LogP contribution in [0.2, 0.25) is 0 Å². The first-order valence-electron chi connectivity index (χ1n) is 8.04.